The molecule has 0 unspecified atom stereocenters. The molecule has 0 aliphatic carbocycles. The zero-order valence-electron chi connectivity index (χ0n) is 14.7. The Hall–Kier alpha value is -2.94. The molecule has 1 aromatic carbocycles. The lowest BCUT2D eigenvalue weighted by atomic mass is 10.1. The second-order valence-electron chi connectivity index (χ2n) is 6.15. The first-order valence-electron chi connectivity index (χ1n) is 8.60. The molecular formula is C17H24N6O3. The van der Waals surface area contributed by atoms with Crippen LogP contribution >= 0.6 is 0 Å². The van der Waals surface area contributed by atoms with Gasteiger partial charge in [-0.1, -0.05) is 0 Å². The van der Waals surface area contributed by atoms with Crippen LogP contribution in [-0.2, 0) is 17.9 Å². The Morgan fingerprint density at radius 2 is 1.92 bits per heavy atom. The molecule has 26 heavy (non-hydrogen) atoms. The van der Waals surface area contributed by atoms with Crippen molar-refractivity contribution in [2.75, 3.05) is 41.4 Å². The number of aromatic nitrogens is 2. The number of hydrogen-bond donors (Lipinski definition) is 5. The number of nitrogens with two attached hydrogens (primary N) is 1. The maximum absolute atomic E-state index is 12.6. The summed E-state index contributed by atoms with van der Waals surface area (Å²) >= 11 is 0. The van der Waals surface area contributed by atoms with Gasteiger partial charge in [-0.05, 0) is 31.0 Å². The molecule has 140 valence electrons. The number of carbonyl (C=O) groups is 1. The number of aliphatic hydroxyl groups excluding tert-OH is 1. The van der Waals surface area contributed by atoms with Crippen molar-refractivity contribution < 1.29 is 9.90 Å². The topological polar surface area (TPSA) is 126 Å². The van der Waals surface area contributed by atoms with Gasteiger partial charge in [0.25, 0.3) is 5.56 Å². The van der Waals surface area contributed by atoms with Crippen LogP contribution in [0.4, 0.5) is 28.6 Å². The Morgan fingerprint density at radius 1 is 1.19 bits per heavy atom. The average Bonchev–Trinajstić information content (AvgIpc) is 3.20. The average molecular weight is 360 g/mol. The van der Waals surface area contributed by atoms with Crippen LogP contribution < -0.4 is 27.2 Å². The third kappa shape index (κ3) is 3.13. The van der Waals surface area contributed by atoms with E-state index in [1.807, 2.05) is 19.1 Å². The van der Waals surface area contributed by atoms with Crippen LogP contribution in [0.5, 0.6) is 0 Å². The molecule has 0 amide bonds. The third-order valence-corrected chi connectivity index (χ3v) is 4.53. The molecule has 3 rings (SSSR count). The standard InChI is InChI=1S/C17H24N6O3/c1-11-12(19-5-9-24)3-4-13(14(11)20-6-10-25)21-15-16(18)22-7-2-8-23(22)17(15)26/h3-4,10,19-21,24H,2,5-9,18H2,1H3. The summed E-state index contributed by atoms with van der Waals surface area (Å²) in [6, 6.07) is 3.67. The molecule has 2 aromatic rings. The van der Waals surface area contributed by atoms with Crippen molar-refractivity contribution in [3.8, 4) is 0 Å². The predicted octanol–water partition coefficient (Wildman–Crippen LogP) is 0.703. The maximum Gasteiger partial charge on any atom is 0.292 e. The SMILES string of the molecule is Cc1c(NCCO)ccc(Nc2c(N)n3n(c2=O)CCC3)c1NCC=O. The fourth-order valence-corrected chi connectivity index (χ4v) is 3.26. The van der Waals surface area contributed by atoms with Gasteiger partial charge in [-0.2, -0.15) is 0 Å². The molecule has 9 nitrogen and oxygen atoms in total. The van der Waals surface area contributed by atoms with Gasteiger partial charge in [0, 0.05) is 25.3 Å². The van der Waals surface area contributed by atoms with E-state index in [9.17, 15) is 9.59 Å². The first kappa shape index (κ1) is 17.9. The fraction of sp³-hybridized carbons (Fsp3) is 0.412. The Labute approximate surface area is 150 Å². The molecule has 9 heteroatoms. The molecule has 0 fully saturated rings. The summed E-state index contributed by atoms with van der Waals surface area (Å²) in [5.41, 5.74) is 9.41. The quantitative estimate of drug-likeness (QED) is 0.439. The number of benzene rings is 1. The smallest absolute Gasteiger partial charge is 0.292 e. The van der Waals surface area contributed by atoms with Crippen molar-refractivity contribution in [2.24, 2.45) is 0 Å². The van der Waals surface area contributed by atoms with Crippen LogP contribution in [0.25, 0.3) is 0 Å². The summed E-state index contributed by atoms with van der Waals surface area (Å²) in [6.45, 7) is 3.85. The highest BCUT2D eigenvalue weighted by Crippen LogP contribution is 2.34. The summed E-state index contributed by atoms with van der Waals surface area (Å²) in [5.74, 6) is 0.411. The molecular weight excluding hydrogens is 336 g/mol. The molecule has 0 radical (unpaired) electrons. The number of hydrogen-bond acceptors (Lipinski definition) is 7. The van der Waals surface area contributed by atoms with Gasteiger partial charge < -0.3 is 31.6 Å². The first-order valence-corrected chi connectivity index (χ1v) is 8.60. The van der Waals surface area contributed by atoms with Crippen molar-refractivity contribution in [2.45, 2.75) is 26.4 Å². The van der Waals surface area contributed by atoms with Gasteiger partial charge in [-0.25, -0.2) is 4.68 Å². The molecule has 0 saturated carbocycles. The van der Waals surface area contributed by atoms with E-state index in [-0.39, 0.29) is 18.7 Å². The molecule has 6 N–H and O–H groups in total. The second kappa shape index (κ2) is 7.52. The number of nitrogen functional groups attached to an aromatic ring is 1. The van der Waals surface area contributed by atoms with Gasteiger partial charge in [-0.15, -0.1) is 0 Å². The number of nitrogens with zero attached hydrogens (tertiary/aromatic N) is 2. The highest BCUT2D eigenvalue weighted by molar-refractivity contribution is 5.85. The number of nitrogens with one attached hydrogen (secondary N) is 3. The van der Waals surface area contributed by atoms with E-state index >= 15 is 0 Å². The number of anilines is 5. The molecule has 0 spiro atoms. The highest BCUT2D eigenvalue weighted by Gasteiger charge is 2.22. The van der Waals surface area contributed by atoms with Crippen LogP contribution in [0.3, 0.4) is 0 Å². The van der Waals surface area contributed by atoms with Gasteiger partial charge in [0.05, 0.1) is 24.5 Å². The van der Waals surface area contributed by atoms with E-state index < -0.39 is 0 Å². The van der Waals surface area contributed by atoms with Crippen molar-refractivity contribution in [1.29, 1.82) is 0 Å². The van der Waals surface area contributed by atoms with Crippen LogP contribution in [0.2, 0.25) is 0 Å². The van der Waals surface area contributed by atoms with Crippen molar-refractivity contribution in [3.63, 3.8) is 0 Å². The lowest BCUT2D eigenvalue weighted by Crippen LogP contribution is -2.18. The van der Waals surface area contributed by atoms with Crippen molar-refractivity contribution >= 4 is 34.9 Å². The van der Waals surface area contributed by atoms with E-state index in [2.05, 4.69) is 16.0 Å². The van der Waals surface area contributed by atoms with Gasteiger partial charge in [0.1, 0.15) is 17.8 Å². The monoisotopic (exact) mass is 360 g/mol. The number of aldehydes is 1. The lowest BCUT2D eigenvalue weighted by Gasteiger charge is -2.18. The maximum atomic E-state index is 12.6. The van der Waals surface area contributed by atoms with E-state index in [4.69, 9.17) is 10.8 Å². The van der Waals surface area contributed by atoms with E-state index in [1.54, 1.807) is 9.36 Å². The normalized spacial score (nSPS) is 12.7. The Balaban J connectivity index is 1.98. The Morgan fingerprint density at radius 3 is 2.62 bits per heavy atom. The summed E-state index contributed by atoms with van der Waals surface area (Å²) in [4.78, 5) is 23.4. The number of carbonyl (C=O) groups excluding carboxylic acids is 1. The minimum absolute atomic E-state index is 0.0140. The van der Waals surface area contributed by atoms with E-state index in [0.717, 1.165) is 30.5 Å². The van der Waals surface area contributed by atoms with Crippen LogP contribution in [0.1, 0.15) is 12.0 Å². The van der Waals surface area contributed by atoms with Gasteiger partial charge in [0.2, 0.25) is 0 Å². The van der Waals surface area contributed by atoms with Gasteiger partial charge in [0.15, 0.2) is 0 Å². The molecule has 0 bridgehead atoms. The van der Waals surface area contributed by atoms with Gasteiger partial charge >= 0.3 is 0 Å². The third-order valence-electron chi connectivity index (χ3n) is 4.53. The minimum Gasteiger partial charge on any atom is -0.395 e. The van der Waals surface area contributed by atoms with Crippen molar-refractivity contribution in [3.05, 3.63) is 28.0 Å². The molecule has 1 aliphatic heterocycles. The minimum atomic E-state index is -0.151. The summed E-state index contributed by atoms with van der Waals surface area (Å²) in [6.07, 6.45) is 1.67. The van der Waals surface area contributed by atoms with Crippen LogP contribution in [-0.4, -0.2) is 40.5 Å². The van der Waals surface area contributed by atoms with E-state index in [1.165, 1.54) is 0 Å². The van der Waals surface area contributed by atoms with Crippen LogP contribution in [0, 0.1) is 6.92 Å². The van der Waals surface area contributed by atoms with Crippen LogP contribution in [0.15, 0.2) is 16.9 Å². The predicted molar refractivity (Wildman–Crippen MR) is 102 cm³/mol. The first-order chi connectivity index (χ1) is 12.6. The number of rotatable bonds is 8. The van der Waals surface area contributed by atoms with Gasteiger partial charge in [-0.3, -0.25) is 9.48 Å². The number of fused-ring (bicyclic) bond motifs is 1. The molecule has 0 saturated heterocycles. The largest absolute Gasteiger partial charge is 0.395 e. The summed E-state index contributed by atoms with van der Waals surface area (Å²) < 4.78 is 3.42. The molecule has 0 atom stereocenters. The highest BCUT2D eigenvalue weighted by atomic mass is 16.3. The second-order valence-corrected chi connectivity index (χ2v) is 6.15. The zero-order valence-corrected chi connectivity index (χ0v) is 14.7. The van der Waals surface area contributed by atoms with E-state index in [0.29, 0.717) is 36.0 Å². The summed E-state index contributed by atoms with van der Waals surface area (Å²) in [7, 11) is 0. The molecule has 1 aliphatic rings. The Kier molecular flexibility index (Phi) is 5.17. The lowest BCUT2D eigenvalue weighted by molar-refractivity contribution is -0.106. The molecule has 2 heterocycles. The van der Waals surface area contributed by atoms with Crippen molar-refractivity contribution in [1.82, 2.24) is 9.36 Å². The summed E-state index contributed by atoms with van der Waals surface area (Å²) in [5, 5.41) is 18.3. The zero-order chi connectivity index (χ0) is 18.7. The fourth-order valence-electron chi connectivity index (χ4n) is 3.26. The number of aliphatic hydroxyl groups is 1. The molecule has 1 aromatic heterocycles. The Bertz CT molecular complexity index is 870.